The third-order valence-electron chi connectivity index (χ3n) is 8.13. The van der Waals surface area contributed by atoms with Crippen LogP contribution < -0.4 is 4.74 Å². The van der Waals surface area contributed by atoms with Crippen LogP contribution in [0, 0.1) is 35.2 Å². The summed E-state index contributed by atoms with van der Waals surface area (Å²) in [5.74, 6) is -1.88. The molecule has 5 heteroatoms. The minimum Gasteiger partial charge on any atom is -0.423 e. The molecule has 0 heterocycles. The Bertz CT molecular complexity index is 1110. The van der Waals surface area contributed by atoms with Gasteiger partial charge in [0, 0.05) is 6.07 Å². The Morgan fingerprint density at radius 1 is 0.917 bits per heavy atom. The van der Waals surface area contributed by atoms with Crippen LogP contribution in [0.2, 0.25) is 0 Å². The second-order valence-electron chi connectivity index (χ2n) is 10.4. The maximum Gasteiger partial charge on any atom is 0.346 e. The van der Waals surface area contributed by atoms with Crippen LogP contribution in [0.25, 0.3) is 0 Å². The molecule has 2 aliphatic carbocycles. The largest absolute Gasteiger partial charge is 0.423 e. The molecule has 0 aliphatic heterocycles. The fourth-order valence-corrected chi connectivity index (χ4v) is 6.14. The van der Waals surface area contributed by atoms with E-state index in [-0.39, 0.29) is 11.7 Å². The first-order valence-electron chi connectivity index (χ1n) is 13.1. The summed E-state index contributed by atoms with van der Waals surface area (Å²) < 4.78 is 49.6. The average Bonchev–Trinajstić information content (AvgIpc) is 2.88. The SMILES string of the molecule is C=CCCc1ccc(OC(=O)c2ccc(C3CCC4CC(CCC=C)CCC4C3)c(F)c2F)cc1F. The van der Waals surface area contributed by atoms with Crippen molar-refractivity contribution >= 4 is 5.97 Å². The van der Waals surface area contributed by atoms with Crippen LogP contribution in [-0.4, -0.2) is 5.97 Å². The van der Waals surface area contributed by atoms with E-state index in [1.54, 1.807) is 6.08 Å². The fraction of sp³-hybridized carbons (Fsp3) is 0.452. The molecule has 2 saturated carbocycles. The predicted molar refractivity (Wildman–Crippen MR) is 137 cm³/mol. The van der Waals surface area contributed by atoms with Crippen LogP contribution in [-0.2, 0) is 6.42 Å². The highest BCUT2D eigenvalue weighted by atomic mass is 19.2. The first kappa shape index (κ1) is 26.2. The van der Waals surface area contributed by atoms with E-state index in [1.165, 1.54) is 43.5 Å². The van der Waals surface area contributed by atoms with Crippen molar-refractivity contribution in [2.75, 3.05) is 0 Å². The normalized spacial score (nSPS) is 23.5. The summed E-state index contributed by atoms with van der Waals surface area (Å²) in [6.07, 6.45) is 13.3. The maximum absolute atomic E-state index is 15.1. The molecule has 2 nitrogen and oxygen atoms in total. The number of carbonyl (C=O) groups excluding carboxylic acids is 1. The molecule has 36 heavy (non-hydrogen) atoms. The van der Waals surface area contributed by atoms with Gasteiger partial charge < -0.3 is 4.74 Å². The topological polar surface area (TPSA) is 26.3 Å². The van der Waals surface area contributed by atoms with Crippen molar-refractivity contribution in [2.45, 2.75) is 70.1 Å². The lowest BCUT2D eigenvalue weighted by Gasteiger charge is -2.42. The number of allylic oxidation sites excluding steroid dienone is 2. The van der Waals surface area contributed by atoms with E-state index in [0.717, 1.165) is 44.1 Å². The summed E-state index contributed by atoms with van der Waals surface area (Å²) in [4.78, 5) is 12.6. The van der Waals surface area contributed by atoms with Gasteiger partial charge in [-0.25, -0.2) is 18.0 Å². The van der Waals surface area contributed by atoms with Crippen molar-refractivity contribution in [3.8, 4) is 5.75 Å². The lowest BCUT2D eigenvalue weighted by atomic mass is 9.63. The number of fused-ring (bicyclic) bond motifs is 1. The summed E-state index contributed by atoms with van der Waals surface area (Å²) in [7, 11) is 0. The summed E-state index contributed by atoms with van der Waals surface area (Å²) in [6.45, 7) is 7.44. The highest BCUT2D eigenvalue weighted by Crippen LogP contribution is 2.49. The van der Waals surface area contributed by atoms with Gasteiger partial charge in [0.2, 0.25) is 0 Å². The molecule has 4 rings (SSSR count). The smallest absolute Gasteiger partial charge is 0.346 e. The number of benzene rings is 2. The van der Waals surface area contributed by atoms with Gasteiger partial charge in [0.15, 0.2) is 11.6 Å². The van der Waals surface area contributed by atoms with Crippen molar-refractivity contribution < 1.29 is 22.7 Å². The minimum atomic E-state index is -1.20. The second kappa shape index (κ2) is 11.9. The van der Waals surface area contributed by atoms with E-state index >= 15 is 4.39 Å². The molecule has 192 valence electrons. The number of hydrogen-bond donors (Lipinski definition) is 0. The third-order valence-corrected chi connectivity index (χ3v) is 8.13. The molecule has 0 N–H and O–H groups in total. The minimum absolute atomic E-state index is 0.0484. The highest BCUT2D eigenvalue weighted by molar-refractivity contribution is 5.91. The molecule has 0 saturated heterocycles. The van der Waals surface area contributed by atoms with Crippen LogP contribution in [0.3, 0.4) is 0 Å². The number of rotatable bonds is 9. The molecule has 2 aromatic carbocycles. The van der Waals surface area contributed by atoms with Crippen LogP contribution >= 0.6 is 0 Å². The van der Waals surface area contributed by atoms with Gasteiger partial charge in [0.25, 0.3) is 0 Å². The van der Waals surface area contributed by atoms with Gasteiger partial charge in [0.1, 0.15) is 11.6 Å². The molecule has 4 atom stereocenters. The van der Waals surface area contributed by atoms with Crippen LogP contribution in [0.15, 0.2) is 55.6 Å². The van der Waals surface area contributed by atoms with Crippen molar-refractivity contribution in [1.29, 1.82) is 0 Å². The molecule has 0 bridgehead atoms. The number of hydrogen-bond acceptors (Lipinski definition) is 2. The third kappa shape index (κ3) is 5.93. The number of halogens is 3. The van der Waals surface area contributed by atoms with E-state index < -0.39 is 29.0 Å². The summed E-state index contributed by atoms with van der Waals surface area (Å²) in [6, 6.07) is 6.87. The Kier molecular flexibility index (Phi) is 8.71. The summed E-state index contributed by atoms with van der Waals surface area (Å²) >= 11 is 0. The summed E-state index contributed by atoms with van der Waals surface area (Å²) in [5.41, 5.74) is 0.328. The van der Waals surface area contributed by atoms with Gasteiger partial charge >= 0.3 is 5.97 Å². The molecule has 2 aliphatic rings. The van der Waals surface area contributed by atoms with Gasteiger partial charge in [-0.2, -0.15) is 0 Å². The Balaban J connectivity index is 1.41. The van der Waals surface area contributed by atoms with Crippen molar-refractivity contribution in [3.63, 3.8) is 0 Å². The van der Waals surface area contributed by atoms with E-state index in [9.17, 15) is 13.6 Å². The number of ether oxygens (including phenoxy) is 1. The van der Waals surface area contributed by atoms with E-state index in [1.807, 2.05) is 6.08 Å². The predicted octanol–water partition coefficient (Wildman–Crippen LogP) is 8.71. The first-order valence-corrected chi connectivity index (χ1v) is 13.1. The number of carbonyl (C=O) groups is 1. The average molecular weight is 497 g/mol. The summed E-state index contributed by atoms with van der Waals surface area (Å²) in [5, 5.41) is 0. The van der Waals surface area contributed by atoms with E-state index in [2.05, 4.69) is 13.2 Å². The van der Waals surface area contributed by atoms with Crippen LogP contribution in [0.1, 0.15) is 85.2 Å². The van der Waals surface area contributed by atoms with Gasteiger partial charge in [0.05, 0.1) is 5.56 Å². The van der Waals surface area contributed by atoms with E-state index in [4.69, 9.17) is 4.74 Å². The van der Waals surface area contributed by atoms with Crippen molar-refractivity contribution in [3.05, 3.63) is 89.8 Å². The first-order chi connectivity index (χ1) is 17.4. The zero-order valence-corrected chi connectivity index (χ0v) is 20.8. The van der Waals surface area contributed by atoms with Crippen molar-refractivity contribution in [2.24, 2.45) is 17.8 Å². The van der Waals surface area contributed by atoms with Gasteiger partial charge in [-0.05, 0) is 105 Å². The van der Waals surface area contributed by atoms with Gasteiger partial charge in [-0.3, -0.25) is 0 Å². The van der Waals surface area contributed by atoms with Gasteiger partial charge in [-0.15, -0.1) is 13.2 Å². The molecule has 0 amide bonds. The lowest BCUT2D eigenvalue weighted by Crippen LogP contribution is -2.30. The maximum atomic E-state index is 15.1. The zero-order valence-electron chi connectivity index (χ0n) is 20.8. The van der Waals surface area contributed by atoms with Crippen molar-refractivity contribution in [1.82, 2.24) is 0 Å². The molecule has 0 radical (unpaired) electrons. The monoisotopic (exact) mass is 496 g/mol. The van der Waals surface area contributed by atoms with Crippen LogP contribution in [0.4, 0.5) is 13.2 Å². The van der Waals surface area contributed by atoms with Crippen LogP contribution in [0.5, 0.6) is 5.75 Å². The molecule has 0 spiro atoms. The fourth-order valence-electron chi connectivity index (χ4n) is 6.14. The number of aryl methyl sites for hydroxylation is 1. The molecule has 0 aromatic heterocycles. The molecule has 2 fully saturated rings. The molecule has 2 aromatic rings. The molecule has 4 unspecified atom stereocenters. The Hall–Kier alpha value is -2.82. The second-order valence-corrected chi connectivity index (χ2v) is 10.4. The Labute approximate surface area is 212 Å². The lowest BCUT2D eigenvalue weighted by molar-refractivity contribution is 0.0728. The van der Waals surface area contributed by atoms with E-state index in [0.29, 0.717) is 35.8 Å². The highest BCUT2D eigenvalue weighted by Gasteiger charge is 2.37. The Morgan fingerprint density at radius 2 is 1.67 bits per heavy atom. The molecular weight excluding hydrogens is 461 g/mol. The quantitative estimate of drug-likeness (QED) is 0.197. The molecular formula is C31H35F3O2. The zero-order chi connectivity index (χ0) is 25.7. The Morgan fingerprint density at radius 3 is 2.42 bits per heavy atom. The van der Waals surface area contributed by atoms with Gasteiger partial charge in [-0.1, -0.05) is 30.7 Å². The standard InChI is InChI=1S/C31H35F3O2/c1-3-5-7-20-9-10-23-18-24(12-11-22(23)17-20)26-15-16-27(30(34)29(26)33)31(35)36-25-14-13-21(8-6-4-2)28(32)19-25/h3-4,13-16,19-20,22-24H,1-2,5-12,17-18H2. The number of esters is 1.